The molecule has 0 unspecified atom stereocenters. The van der Waals surface area contributed by atoms with E-state index in [1.54, 1.807) is 6.07 Å². The Bertz CT molecular complexity index is 997. The fraction of sp³-hybridized carbons (Fsp3) is 0.440. The molecule has 1 aliphatic carbocycles. The SMILES string of the molecule is CCc1c(C)c(O)cc(C)c1C(=O)Oc1c(C)c(C)c(C(=O)C2CC2)c(C)c1C. The Morgan fingerprint density at radius 1 is 0.931 bits per heavy atom. The lowest BCUT2D eigenvalue weighted by atomic mass is 9.89. The number of hydrogen-bond acceptors (Lipinski definition) is 4. The number of aryl methyl sites for hydroxylation is 1. The van der Waals surface area contributed by atoms with E-state index in [0.717, 1.165) is 46.2 Å². The summed E-state index contributed by atoms with van der Waals surface area (Å²) < 4.78 is 5.92. The summed E-state index contributed by atoms with van der Waals surface area (Å²) in [6.07, 6.45) is 2.55. The first kappa shape index (κ1) is 21.1. The maximum absolute atomic E-state index is 13.2. The van der Waals surface area contributed by atoms with Crippen molar-refractivity contribution in [3.8, 4) is 11.5 Å². The molecule has 1 saturated carbocycles. The zero-order valence-electron chi connectivity index (χ0n) is 18.4. The van der Waals surface area contributed by atoms with E-state index >= 15 is 0 Å². The molecule has 0 aliphatic heterocycles. The summed E-state index contributed by atoms with van der Waals surface area (Å²) in [7, 11) is 0. The van der Waals surface area contributed by atoms with Gasteiger partial charge in [0.05, 0.1) is 5.56 Å². The molecule has 3 rings (SSSR count). The van der Waals surface area contributed by atoms with Gasteiger partial charge in [-0.2, -0.15) is 0 Å². The summed E-state index contributed by atoms with van der Waals surface area (Å²) >= 11 is 0. The van der Waals surface area contributed by atoms with E-state index in [1.807, 2.05) is 48.5 Å². The molecule has 1 fully saturated rings. The summed E-state index contributed by atoms with van der Waals surface area (Å²) in [4.78, 5) is 25.9. The Labute approximate surface area is 172 Å². The molecule has 0 spiro atoms. The molecule has 154 valence electrons. The van der Waals surface area contributed by atoms with Crippen molar-refractivity contribution in [3.63, 3.8) is 0 Å². The minimum atomic E-state index is -0.422. The van der Waals surface area contributed by atoms with Crippen molar-refractivity contribution in [1.29, 1.82) is 0 Å². The Hall–Kier alpha value is -2.62. The number of Topliss-reactive ketones (excluding diaryl/α,β-unsaturated/α-hetero) is 1. The normalized spacial score (nSPS) is 13.5. The van der Waals surface area contributed by atoms with Crippen LogP contribution < -0.4 is 4.74 Å². The molecule has 29 heavy (non-hydrogen) atoms. The number of phenols is 1. The third-order valence-corrected chi connectivity index (χ3v) is 6.39. The van der Waals surface area contributed by atoms with E-state index in [2.05, 4.69) is 0 Å². The van der Waals surface area contributed by atoms with Gasteiger partial charge in [-0.3, -0.25) is 4.79 Å². The van der Waals surface area contributed by atoms with Gasteiger partial charge in [-0.1, -0.05) is 6.92 Å². The second kappa shape index (κ2) is 7.66. The van der Waals surface area contributed by atoms with Crippen LogP contribution in [0, 0.1) is 47.5 Å². The second-order valence-electron chi connectivity index (χ2n) is 8.28. The average molecular weight is 395 g/mol. The quantitative estimate of drug-likeness (QED) is 0.406. The summed E-state index contributed by atoms with van der Waals surface area (Å²) in [5, 5.41) is 10.1. The maximum Gasteiger partial charge on any atom is 0.344 e. The number of carbonyl (C=O) groups is 2. The van der Waals surface area contributed by atoms with Crippen LogP contribution in [0.3, 0.4) is 0 Å². The summed E-state index contributed by atoms with van der Waals surface area (Å²) in [6, 6.07) is 1.61. The van der Waals surface area contributed by atoms with Crippen LogP contribution in [-0.4, -0.2) is 16.9 Å². The largest absolute Gasteiger partial charge is 0.508 e. The van der Waals surface area contributed by atoms with Gasteiger partial charge in [-0.05, 0) is 106 Å². The first-order valence-electron chi connectivity index (χ1n) is 10.3. The first-order chi connectivity index (χ1) is 13.6. The Morgan fingerprint density at radius 2 is 1.48 bits per heavy atom. The van der Waals surface area contributed by atoms with Crippen LogP contribution in [0.4, 0.5) is 0 Å². The minimum absolute atomic E-state index is 0.148. The van der Waals surface area contributed by atoms with Crippen LogP contribution in [0.2, 0.25) is 0 Å². The maximum atomic E-state index is 13.2. The predicted molar refractivity (Wildman–Crippen MR) is 114 cm³/mol. The molecule has 2 aromatic carbocycles. The molecule has 1 aliphatic rings. The molecule has 0 saturated heterocycles. The Morgan fingerprint density at radius 3 is 1.97 bits per heavy atom. The number of phenolic OH excluding ortho intramolecular Hbond substituents is 1. The van der Waals surface area contributed by atoms with Crippen LogP contribution in [0.15, 0.2) is 6.07 Å². The van der Waals surface area contributed by atoms with Crippen molar-refractivity contribution in [2.45, 2.75) is 67.7 Å². The second-order valence-corrected chi connectivity index (χ2v) is 8.28. The van der Waals surface area contributed by atoms with Crippen molar-refractivity contribution in [2.75, 3.05) is 0 Å². The smallest absolute Gasteiger partial charge is 0.344 e. The lowest BCUT2D eigenvalue weighted by molar-refractivity contribution is 0.0730. The molecular formula is C25H30O4. The third kappa shape index (κ3) is 3.57. The number of rotatable bonds is 5. The van der Waals surface area contributed by atoms with Gasteiger partial charge in [0.1, 0.15) is 11.5 Å². The lowest BCUT2D eigenvalue weighted by Crippen LogP contribution is -2.17. The standard InChI is InChI=1S/C25H30O4/c1-8-19-17(7)20(26)11-12(2)21(19)25(28)29-24-15(5)13(3)22(14(4)16(24)6)23(27)18-9-10-18/h11,18,26H,8-10H2,1-7H3. The summed E-state index contributed by atoms with van der Waals surface area (Å²) in [5.74, 6) is 0.660. The van der Waals surface area contributed by atoms with Gasteiger partial charge in [0.25, 0.3) is 0 Å². The van der Waals surface area contributed by atoms with Gasteiger partial charge < -0.3 is 9.84 Å². The number of benzene rings is 2. The monoisotopic (exact) mass is 394 g/mol. The average Bonchev–Trinajstić information content (AvgIpc) is 3.51. The fourth-order valence-electron chi connectivity index (χ4n) is 4.19. The van der Waals surface area contributed by atoms with Crippen LogP contribution in [0.5, 0.6) is 11.5 Å². The Balaban J connectivity index is 2.07. The summed E-state index contributed by atoms with van der Waals surface area (Å²) in [6.45, 7) is 13.3. The first-order valence-corrected chi connectivity index (χ1v) is 10.3. The van der Waals surface area contributed by atoms with Crippen LogP contribution in [0.25, 0.3) is 0 Å². The highest BCUT2D eigenvalue weighted by Gasteiger charge is 2.34. The van der Waals surface area contributed by atoms with E-state index in [-0.39, 0.29) is 17.5 Å². The number of esters is 1. The fourth-order valence-corrected chi connectivity index (χ4v) is 4.19. The lowest BCUT2D eigenvalue weighted by Gasteiger charge is -2.21. The number of hydrogen-bond donors (Lipinski definition) is 1. The molecule has 0 bridgehead atoms. The molecule has 2 aromatic rings. The van der Waals surface area contributed by atoms with Crippen LogP contribution in [-0.2, 0) is 6.42 Å². The summed E-state index contributed by atoms with van der Waals surface area (Å²) in [5.41, 5.74) is 6.94. The zero-order chi connectivity index (χ0) is 21.6. The van der Waals surface area contributed by atoms with Crippen LogP contribution in [0.1, 0.15) is 79.4 Å². The molecule has 0 radical (unpaired) electrons. The third-order valence-electron chi connectivity index (χ3n) is 6.39. The van der Waals surface area contributed by atoms with E-state index in [9.17, 15) is 14.7 Å². The molecule has 0 atom stereocenters. The number of carbonyl (C=O) groups excluding carboxylic acids is 2. The number of ketones is 1. The highest BCUT2D eigenvalue weighted by molar-refractivity contribution is 6.03. The molecule has 0 amide bonds. The van der Waals surface area contributed by atoms with Crippen LogP contribution >= 0.6 is 0 Å². The highest BCUT2D eigenvalue weighted by atomic mass is 16.5. The predicted octanol–water partition coefficient (Wildman–Crippen LogP) is 5.62. The van der Waals surface area contributed by atoms with E-state index in [4.69, 9.17) is 4.74 Å². The minimum Gasteiger partial charge on any atom is -0.508 e. The van der Waals surface area contributed by atoms with Gasteiger partial charge in [-0.15, -0.1) is 0 Å². The molecular weight excluding hydrogens is 364 g/mol. The van der Waals surface area contributed by atoms with Crippen molar-refractivity contribution in [2.24, 2.45) is 5.92 Å². The van der Waals surface area contributed by atoms with Gasteiger partial charge >= 0.3 is 5.97 Å². The van der Waals surface area contributed by atoms with Gasteiger partial charge in [0.2, 0.25) is 0 Å². The number of aromatic hydroxyl groups is 1. The van der Waals surface area contributed by atoms with Gasteiger partial charge in [0, 0.05) is 11.5 Å². The Kier molecular flexibility index (Phi) is 5.57. The molecule has 4 nitrogen and oxygen atoms in total. The van der Waals surface area contributed by atoms with Crippen molar-refractivity contribution >= 4 is 11.8 Å². The number of ether oxygens (including phenoxy) is 1. The van der Waals surface area contributed by atoms with Gasteiger partial charge in [-0.25, -0.2) is 4.79 Å². The van der Waals surface area contributed by atoms with Crippen molar-refractivity contribution < 1.29 is 19.4 Å². The van der Waals surface area contributed by atoms with E-state index < -0.39 is 5.97 Å². The van der Waals surface area contributed by atoms with Crippen molar-refractivity contribution in [1.82, 2.24) is 0 Å². The van der Waals surface area contributed by atoms with E-state index in [0.29, 0.717) is 28.9 Å². The van der Waals surface area contributed by atoms with E-state index in [1.165, 1.54) is 0 Å². The topological polar surface area (TPSA) is 63.6 Å². The molecule has 0 aromatic heterocycles. The highest BCUT2D eigenvalue weighted by Crippen LogP contribution is 2.39. The zero-order valence-corrected chi connectivity index (χ0v) is 18.4. The van der Waals surface area contributed by atoms with Crippen molar-refractivity contribution in [3.05, 3.63) is 56.1 Å². The van der Waals surface area contributed by atoms with Gasteiger partial charge in [0.15, 0.2) is 5.78 Å². The molecule has 4 heteroatoms. The molecule has 0 heterocycles. The molecule has 1 N–H and O–H groups in total.